The lowest BCUT2D eigenvalue weighted by atomic mass is 10.1. The Morgan fingerprint density at radius 1 is 1.10 bits per heavy atom. The topological polar surface area (TPSA) is 55.1 Å². The van der Waals surface area contributed by atoms with E-state index in [4.69, 9.17) is 17.3 Å². The largest absolute Gasteiger partial charge is 0.398 e. The molecule has 0 aliphatic heterocycles. The molecule has 0 aromatic heterocycles. The molecule has 0 aliphatic carbocycles. The monoisotopic (exact) mass is 300 g/mol. The van der Waals surface area contributed by atoms with E-state index in [0.717, 1.165) is 0 Å². The molecule has 0 radical (unpaired) electrons. The molecule has 20 heavy (non-hydrogen) atoms. The number of hydrogen-bond acceptors (Lipinski definition) is 2. The molecule has 2 aromatic carbocycles. The van der Waals surface area contributed by atoms with E-state index in [9.17, 15) is 18.0 Å². The Labute approximate surface area is 117 Å². The lowest BCUT2D eigenvalue weighted by molar-refractivity contribution is 0.102. The number of rotatable bonds is 2. The molecule has 7 heteroatoms. The smallest absolute Gasteiger partial charge is 0.257 e. The number of halogens is 4. The molecule has 0 atom stereocenters. The Bertz CT molecular complexity index is 668. The number of nitrogens with two attached hydrogens (primary N) is 1. The predicted octanol–water partition coefficient (Wildman–Crippen LogP) is 3.59. The second-order valence-electron chi connectivity index (χ2n) is 3.93. The quantitative estimate of drug-likeness (QED) is 0.833. The van der Waals surface area contributed by atoms with E-state index in [1.807, 2.05) is 5.32 Å². The van der Waals surface area contributed by atoms with Crippen LogP contribution < -0.4 is 11.1 Å². The van der Waals surface area contributed by atoms with Crippen molar-refractivity contribution < 1.29 is 18.0 Å². The number of benzene rings is 2. The predicted molar refractivity (Wildman–Crippen MR) is 70.1 cm³/mol. The van der Waals surface area contributed by atoms with Crippen LogP contribution in [0.3, 0.4) is 0 Å². The van der Waals surface area contributed by atoms with Crippen molar-refractivity contribution in [3.63, 3.8) is 0 Å². The number of amides is 1. The van der Waals surface area contributed by atoms with Crippen LogP contribution in [0.15, 0.2) is 30.3 Å². The molecular formula is C13H8ClF3N2O. The Kier molecular flexibility index (Phi) is 3.85. The number of carbonyl (C=O) groups is 1. The summed E-state index contributed by atoms with van der Waals surface area (Å²) in [6.07, 6.45) is 0. The highest BCUT2D eigenvalue weighted by atomic mass is 35.5. The summed E-state index contributed by atoms with van der Waals surface area (Å²) in [5.74, 6) is -4.35. The van der Waals surface area contributed by atoms with Gasteiger partial charge in [0.2, 0.25) is 0 Å². The van der Waals surface area contributed by atoms with Gasteiger partial charge in [-0.3, -0.25) is 4.79 Å². The fourth-order valence-corrected chi connectivity index (χ4v) is 1.76. The van der Waals surface area contributed by atoms with Gasteiger partial charge in [0.15, 0.2) is 11.6 Å². The average Bonchev–Trinajstić information content (AvgIpc) is 2.33. The lowest BCUT2D eigenvalue weighted by Crippen LogP contribution is -2.16. The Balaban J connectivity index is 2.33. The highest BCUT2D eigenvalue weighted by Crippen LogP contribution is 2.23. The third kappa shape index (κ3) is 2.85. The first-order valence-electron chi connectivity index (χ1n) is 5.39. The van der Waals surface area contributed by atoms with Gasteiger partial charge in [-0.25, -0.2) is 13.2 Å². The fraction of sp³-hybridized carbons (Fsp3) is 0. The SMILES string of the molecule is Nc1cc(Cl)ccc1C(=O)Nc1c(F)cc(F)cc1F. The molecular weight excluding hydrogens is 293 g/mol. The van der Waals surface area contributed by atoms with Crippen LogP contribution in [0, 0.1) is 17.5 Å². The van der Waals surface area contributed by atoms with E-state index in [1.165, 1.54) is 18.2 Å². The van der Waals surface area contributed by atoms with Gasteiger partial charge in [0.25, 0.3) is 5.91 Å². The zero-order valence-electron chi connectivity index (χ0n) is 9.88. The Morgan fingerprint density at radius 2 is 1.70 bits per heavy atom. The van der Waals surface area contributed by atoms with Crippen molar-refractivity contribution in [1.29, 1.82) is 0 Å². The summed E-state index contributed by atoms with van der Waals surface area (Å²) >= 11 is 5.68. The summed E-state index contributed by atoms with van der Waals surface area (Å²) in [5.41, 5.74) is 4.89. The number of nitrogen functional groups attached to an aromatic ring is 1. The van der Waals surface area contributed by atoms with E-state index in [0.29, 0.717) is 17.2 Å². The number of anilines is 2. The van der Waals surface area contributed by atoms with Crippen molar-refractivity contribution in [3.05, 3.63) is 58.4 Å². The summed E-state index contributed by atoms with van der Waals surface area (Å²) in [6.45, 7) is 0. The fourth-order valence-electron chi connectivity index (χ4n) is 1.58. The van der Waals surface area contributed by atoms with E-state index in [2.05, 4.69) is 0 Å². The molecule has 0 unspecified atom stereocenters. The Morgan fingerprint density at radius 3 is 2.25 bits per heavy atom. The molecule has 0 heterocycles. The van der Waals surface area contributed by atoms with Gasteiger partial charge < -0.3 is 11.1 Å². The lowest BCUT2D eigenvalue weighted by Gasteiger charge is -2.09. The van der Waals surface area contributed by atoms with Crippen LogP contribution in [-0.2, 0) is 0 Å². The number of carbonyl (C=O) groups excluding carboxylic acids is 1. The molecule has 0 aliphatic rings. The molecule has 0 saturated heterocycles. The second kappa shape index (κ2) is 5.42. The zero-order chi connectivity index (χ0) is 14.9. The molecule has 0 saturated carbocycles. The second-order valence-corrected chi connectivity index (χ2v) is 4.37. The summed E-state index contributed by atoms with van der Waals surface area (Å²) in [7, 11) is 0. The first kappa shape index (κ1) is 14.2. The normalized spacial score (nSPS) is 10.4. The highest BCUT2D eigenvalue weighted by Gasteiger charge is 2.17. The van der Waals surface area contributed by atoms with Gasteiger partial charge in [0.1, 0.15) is 11.5 Å². The van der Waals surface area contributed by atoms with Crippen molar-refractivity contribution >= 4 is 28.9 Å². The van der Waals surface area contributed by atoms with Crippen molar-refractivity contribution in [2.75, 3.05) is 11.1 Å². The molecule has 3 nitrogen and oxygen atoms in total. The van der Waals surface area contributed by atoms with E-state index < -0.39 is 29.0 Å². The summed E-state index contributed by atoms with van der Waals surface area (Å²) in [6, 6.07) is 4.97. The minimum Gasteiger partial charge on any atom is -0.398 e. The van der Waals surface area contributed by atoms with Gasteiger partial charge in [0, 0.05) is 22.8 Å². The van der Waals surface area contributed by atoms with Gasteiger partial charge in [-0.05, 0) is 18.2 Å². The molecule has 0 bridgehead atoms. The first-order valence-corrected chi connectivity index (χ1v) is 5.77. The zero-order valence-corrected chi connectivity index (χ0v) is 10.6. The number of hydrogen-bond donors (Lipinski definition) is 2. The van der Waals surface area contributed by atoms with Crippen molar-refractivity contribution in [1.82, 2.24) is 0 Å². The van der Waals surface area contributed by atoms with Gasteiger partial charge >= 0.3 is 0 Å². The van der Waals surface area contributed by atoms with Gasteiger partial charge in [-0.1, -0.05) is 11.6 Å². The maximum absolute atomic E-state index is 13.4. The first-order chi connectivity index (χ1) is 9.38. The number of nitrogens with one attached hydrogen (secondary N) is 1. The third-order valence-electron chi connectivity index (χ3n) is 2.50. The van der Waals surface area contributed by atoms with Gasteiger partial charge in [0.05, 0.1) is 5.56 Å². The van der Waals surface area contributed by atoms with Crippen LogP contribution >= 0.6 is 11.6 Å². The summed E-state index contributed by atoms with van der Waals surface area (Å²) in [5, 5.41) is 2.32. The Hall–Kier alpha value is -2.21. The maximum Gasteiger partial charge on any atom is 0.257 e. The molecule has 0 spiro atoms. The van der Waals surface area contributed by atoms with Crippen LogP contribution in [0.5, 0.6) is 0 Å². The molecule has 0 fully saturated rings. The van der Waals surface area contributed by atoms with Crippen LogP contribution in [0.25, 0.3) is 0 Å². The highest BCUT2D eigenvalue weighted by molar-refractivity contribution is 6.31. The third-order valence-corrected chi connectivity index (χ3v) is 2.74. The van der Waals surface area contributed by atoms with Crippen LogP contribution in [0.1, 0.15) is 10.4 Å². The van der Waals surface area contributed by atoms with Crippen LogP contribution in [0.2, 0.25) is 5.02 Å². The van der Waals surface area contributed by atoms with Gasteiger partial charge in [-0.15, -0.1) is 0 Å². The van der Waals surface area contributed by atoms with Gasteiger partial charge in [-0.2, -0.15) is 0 Å². The molecule has 1 amide bonds. The van der Waals surface area contributed by atoms with Crippen molar-refractivity contribution in [2.45, 2.75) is 0 Å². The summed E-state index contributed by atoms with van der Waals surface area (Å²) < 4.78 is 39.6. The molecule has 2 rings (SSSR count). The van der Waals surface area contributed by atoms with E-state index in [-0.39, 0.29) is 11.3 Å². The van der Waals surface area contributed by atoms with Crippen molar-refractivity contribution in [2.24, 2.45) is 0 Å². The maximum atomic E-state index is 13.4. The minimum absolute atomic E-state index is 0.00229. The average molecular weight is 301 g/mol. The molecule has 2 aromatic rings. The van der Waals surface area contributed by atoms with E-state index >= 15 is 0 Å². The van der Waals surface area contributed by atoms with Crippen LogP contribution in [-0.4, -0.2) is 5.91 Å². The molecule has 104 valence electrons. The summed E-state index contributed by atoms with van der Waals surface area (Å²) in [4.78, 5) is 11.9. The molecule has 3 N–H and O–H groups in total. The minimum atomic E-state index is -1.22. The van der Waals surface area contributed by atoms with Crippen LogP contribution in [0.4, 0.5) is 24.5 Å². The standard InChI is InChI=1S/C13H8ClF3N2O/c14-6-1-2-8(11(18)3-6)13(20)19-12-9(16)4-7(15)5-10(12)17/h1-5H,18H2,(H,19,20). The van der Waals surface area contributed by atoms with E-state index in [1.54, 1.807) is 0 Å². The van der Waals surface area contributed by atoms with Crippen molar-refractivity contribution in [3.8, 4) is 0 Å².